The number of aromatic nitrogens is 3. The smallest absolute Gasteiger partial charge is 0.367 e. The van der Waals surface area contributed by atoms with Crippen molar-refractivity contribution in [3.8, 4) is 6.07 Å². The lowest BCUT2D eigenvalue weighted by Gasteiger charge is -2.76. The number of nitrogens with one attached hydrogen (secondary N) is 2. The Bertz CT molecular complexity index is 2000. The molecule has 4 aromatic rings. The summed E-state index contributed by atoms with van der Waals surface area (Å²) in [5.74, 6) is -0.730. The molecular formula is C34H36F6N8OS. The van der Waals surface area contributed by atoms with Gasteiger partial charge in [0.05, 0.1) is 11.8 Å². The quantitative estimate of drug-likeness (QED) is 0.177. The fourth-order valence-corrected chi connectivity index (χ4v) is 9.33. The highest BCUT2D eigenvalue weighted by Gasteiger charge is 2.74. The Kier molecular flexibility index (Phi) is 8.34. The predicted octanol–water partition coefficient (Wildman–Crippen LogP) is 6.18. The lowest BCUT2D eigenvalue weighted by atomic mass is 9.33. The van der Waals surface area contributed by atoms with E-state index in [9.17, 15) is 36.4 Å². The number of alkyl halides is 6. The first-order valence-electron chi connectivity index (χ1n) is 16.5. The Hall–Kier alpha value is -3.94. The molecule has 3 aliphatic carbocycles. The van der Waals surface area contributed by atoms with E-state index in [1.54, 1.807) is 0 Å². The summed E-state index contributed by atoms with van der Waals surface area (Å²) in [5.41, 5.74) is 7.83. The third-order valence-electron chi connectivity index (χ3n) is 11.2. The van der Waals surface area contributed by atoms with Crippen LogP contribution in [0.1, 0.15) is 54.3 Å². The topological polar surface area (TPSA) is 125 Å². The number of nitriles is 1. The van der Waals surface area contributed by atoms with Gasteiger partial charge in [-0.1, -0.05) is 13.0 Å². The number of hydrogen-bond donors (Lipinski definition) is 3. The number of carbonyl (C=O) groups excluding carboxylic acids is 1. The standard InChI is InChI=1S/C34H36F6N8OS/c1-18-20(13-47-7-5-21(6-8-47)45-28-25-10-23(11-33(35,36)37)50-30(25)44-17-43-28)3-4-26-24(18)9-22(12-41)48(26)16-31-14-32(15-31,19(31)2)46-29(49)27(42)34(38,39)40/h3-4,9-10,17,19,21,27H,5-8,11,13-16,42H2,1-2H3,(H,46,49)(H,43,44,45)/t19-,27?,31?,32?/m0/s1. The number of anilines is 1. The SMILES string of the molecule is Cc1c(CN2CCC(Nc3ncnc4sc(CC(F)(F)F)cc34)CC2)ccc2c1cc(C#N)n2CC12CC(NC(=O)C(N)C(F)(F)F)(C1)[C@H]2C. The monoisotopic (exact) mass is 718 g/mol. The molecule has 0 spiro atoms. The third-order valence-corrected chi connectivity index (χ3v) is 12.3. The molecule has 1 unspecified atom stereocenters. The van der Waals surface area contributed by atoms with Crippen LogP contribution in [0.3, 0.4) is 0 Å². The second-order valence-electron chi connectivity index (χ2n) is 14.3. The van der Waals surface area contributed by atoms with E-state index in [-0.39, 0.29) is 22.3 Å². The summed E-state index contributed by atoms with van der Waals surface area (Å²) < 4.78 is 79.8. The minimum absolute atomic E-state index is 0.0707. The molecule has 4 heterocycles. The van der Waals surface area contributed by atoms with Gasteiger partial charge in [-0.2, -0.15) is 31.6 Å². The lowest BCUT2D eigenvalue weighted by molar-refractivity contribution is -0.231. The number of benzene rings is 1. The van der Waals surface area contributed by atoms with Crippen molar-refractivity contribution in [1.29, 1.82) is 5.26 Å². The first-order chi connectivity index (χ1) is 23.5. The maximum Gasteiger partial charge on any atom is 0.412 e. The summed E-state index contributed by atoms with van der Waals surface area (Å²) in [6, 6.07) is 7.39. The molecule has 2 bridgehead atoms. The van der Waals surface area contributed by atoms with Crippen molar-refractivity contribution in [2.75, 3.05) is 18.4 Å². The molecule has 0 radical (unpaired) electrons. The second kappa shape index (κ2) is 12.1. The highest BCUT2D eigenvalue weighted by Crippen LogP contribution is 2.72. The molecule has 266 valence electrons. The van der Waals surface area contributed by atoms with Crippen LogP contribution in [0.15, 0.2) is 30.6 Å². The van der Waals surface area contributed by atoms with Gasteiger partial charge in [0.15, 0.2) is 6.04 Å². The van der Waals surface area contributed by atoms with Gasteiger partial charge >= 0.3 is 12.4 Å². The van der Waals surface area contributed by atoms with Crippen LogP contribution in [-0.4, -0.2) is 68.4 Å². The third kappa shape index (κ3) is 6.06. The summed E-state index contributed by atoms with van der Waals surface area (Å²) in [7, 11) is 0. The van der Waals surface area contributed by atoms with Crippen LogP contribution < -0.4 is 16.4 Å². The first kappa shape index (κ1) is 34.5. The van der Waals surface area contributed by atoms with Crippen molar-refractivity contribution in [1.82, 2.24) is 24.8 Å². The number of likely N-dealkylation sites (tertiary alicyclic amines) is 1. The zero-order chi connectivity index (χ0) is 35.8. The number of carbonyl (C=O) groups is 1. The number of amides is 1. The molecule has 16 heteroatoms. The minimum atomic E-state index is -4.81. The fraction of sp³-hybridized carbons (Fsp3) is 0.529. The molecule has 9 nitrogen and oxygen atoms in total. The Morgan fingerprint density at radius 3 is 2.50 bits per heavy atom. The molecule has 1 amide bonds. The first-order valence-corrected chi connectivity index (χ1v) is 17.3. The van der Waals surface area contributed by atoms with Crippen molar-refractivity contribution < 1.29 is 31.1 Å². The molecule has 50 heavy (non-hydrogen) atoms. The van der Waals surface area contributed by atoms with Crippen LogP contribution in [0.25, 0.3) is 21.1 Å². The van der Waals surface area contributed by atoms with Crippen molar-refractivity contribution in [3.05, 3.63) is 52.3 Å². The maximum absolute atomic E-state index is 13.0. The van der Waals surface area contributed by atoms with Gasteiger partial charge < -0.3 is 20.9 Å². The maximum atomic E-state index is 13.0. The van der Waals surface area contributed by atoms with Crippen LogP contribution >= 0.6 is 11.3 Å². The van der Waals surface area contributed by atoms with Crippen LogP contribution in [-0.2, 0) is 24.3 Å². The number of nitrogens with zero attached hydrogens (tertiary/aromatic N) is 5. The summed E-state index contributed by atoms with van der Waals surface area (Å²) >= 11 is 1.03. The van der Waals surface area contributed by atoms with Gasteiger partial charge in [-0.3, -0.25) is 9.69 Å². The zero-order valence-corrected chi connectivity index (χ0v) is 28.2. The molecule has 3 aromatic heterocycles. The summed E-state index contributed by atoms with van der Waals surface area (Å²) in [4.78, 5) is 23.8. The van der Waals surface area contributed by atoms with E-state index in [1.807, 2.05) is 30.5 Å². The molecule has 1 aromatic carbocycles. The molecule has 4 N–H and O–H groups in total. The fourth-order valence-electron chi connectivity index (χ4n) is 8.30. The average Bonchev–Trinajstić information content (AvgIpc) is 3.61. The minimum Gasteiger partial charge on any atom is -0.367 e. The lowest BCUT2D eigenvalue weighted by Crippen LogP contribution is -2.82. The molecule has 1 saturated heterocycles. The number of rotatable bonds is 9. The molecular weight excluding hydrogens is 682 g/mol. The van der Waals surface area contributed by atoms with E-state index in [4.69, 9.17) is 5.73 Å². The summed E-state index contributed by atoms with van der Waals surface area (Å²) in [6.07, 6.45) is -6.01. The van der Waals surface area contributed by atoms with Gasteiger partial charge in [-0.05, 0) is 73.3 Å². The number of fused-ring (bicyclic) bond motifs is 2. The van der Waals surface area contributed by atoms with E-state index in [0.717, 1.165) is 59.3 Å². The highest BCUT2D eigenvalue weighted by atomic mass is 32.1. The number of thiophene rings is 1. The van der Waals surface area contributed by atoms with Gasteiger partial charge in [0.1, 0.15) is 28.7 Å². The van der Waals surface area contributed by atoms with Crippen molar-refractivity contribution in [3.63, 3.8) is 0 Å². The van der Waals surface area contributed by atoms with Gasteiger partial charge in [-0.25, -0.2) is 9.97 Å². The molecule has 4 aliphatic rings. The number of aryl methyl sites for hydroxylation is 1. The van der Waals surface area contributed by atoms with Crippen LogP contribution in [0.4, 0.5) is 32.2 Å². The van der Waals surface area contributed by atoms with Gasteiger partial charge in [0.2, 0.25) is 5.91 Å². The van der Waals surface area contributed by atoms with E-state index in [2.05, 4.69) is 37.6 Å². The Balaban J connectivity index is 0.985. The van der Waals surface area contributed by atoms with Gasteiger partial charge in [0, 0.05) is 53.5 Å². The normalized spacial score (nSPS) is 24.8. The van der Waals surface area contributed by atoms with Crippen molar-refractivity contribution in [2.24, 2.45) is 17.1 Å². The molecule has 1 aliphatic heterocycles. The molecule has 3 saturated carbocycles. The number of piperidine rings is 1. The average molecular weight is 719 g/mol. The van der Waals surface area contributed by atoms with Crippen LogP contribution in [0.5, 0.6) is 0 Å². The van der Waals surface area contributed by atoms with E-state index in [1.165, 1.54) is 12.4 Å². The van der Waals surface area contributed by atoms with Crippen LogP contribution in [0.2, 0.25) is 0 Å². The summed E-state index contributed by atoms with van der Waals surface area (Å²) in [5, 5.41) is 17.6. The molecule has 8 rings (SSSR count). The summed E-state index contributed by atoms with van der Waals surface area (Å²) in [6.45, 7) is 6.83. The van der Waals surface area contributed by atoms with E-state index >= 15 is 0 Å². The largest absolute Gasteiger partial charge is 0.412 e. The highest BCUT2D eigenvalue weighted by molar-refractivity contribution is 7.18. The van der Waals surface area contributed by atoms with Crippen molar-refractivity contribution >= 4 is 44.2 Å². The van der Waals surface area contributed by atoms with Crippen LogP contribution in [0, 0.1) is 29.6 Å². The second-order valence-corrected chi connectivity index (χ2v) is 15.4. The van der Waals surface area contributed by atoms with Crippen molar-refractivity contribution in [2.45, 2.75) is 89.0 Å². The zero-order valence-electron chi connectivity index (χ0n) is 27.4. The number of nitrogens with two attached hydrogens (primary N) is 1. The Labute approximate surface area is 287 Å². The Morgan fingerprint density at radius 2 is 1.86 bits per heavy atom. The van der Waals surface area contributed by atoms with E-state index < -0.39 is 36.3 Å². The van der Waals surface area contributed by atoms with E-state index in [0.29, 0.717) is 47.7 Å². The van der Waals surface area contributed by atoms with Gasteiger partial charge in [-0.15, -0.1) is 11.3 Å². The van der Waals surface area contributed by atoms with Gasteiger partial charge in [0.25, 0.3) is 0 Å². The molecule has 2 atom stereocenters. The Morgan fingerprint density at radius 1 is 1.14 bits per heavy atom. The number of halogens is 6. The molecule has 4 fully saturated rings. The number of hydrogen-bond acceptors (Lipinski definition) is 8. The predicted molar refractivity (Wildman–Crippen MR) is 176 cm³/mol.